The first-order chi connectivity index (χ1) is 6.75. The first-order valence-corrected chi connectivity index (χ1v) is 3.83. The van der Waals surface area contributed by atoms with Crippen LogP contribution in [0.3, 0.4) is 0 Å². The van der Waals surface area contributed by atoms with Crippen molar-refractivity contribution >= 4 is 5.95 Å². The maximum absolute atomic E-state index is 12.5. The van der Waals surface area contributed by atoms with Gasteiger partial charge in [-0.05, 0) is 12.1 Å². The van der Waals surface area contributed by atoms with E-state index in [9.17, 15) is 4.39 Å². The number of nitrogen functional groups attached to an aromatic ring is 1. The van der Waals surface area contributed by atoms with Crippen molar-refractivity contribution in [3.63, 3.8) is 0 Å². The molecule has 2 N–H and O–H groups in total. The molecule has 0 bridgehead atoms. The fourth-order valence-electron chi connectivity index (χ4n) is 0.968. The standard InChI is InChI=1S/C8H6FN5/c9-5-1-2-6(11-3-5)7-4-12-14-8(10)13-7/h1-4H,(H2,10,13,14). The first kappa shape index (κ1) is 8.49. The summed E-state index contributed by atoms with van der Waals surface area (Å²) >= 11 is 0. The summed E-state index contributed by atoms with van der Waals surface area (Å²) in [6.45, 7) is 0. The maximum Gasteiger partial charge on any atom is 0.240 e. The van der Waals surface area contributed by atoms with Gasteiger partial charge in [-0.25, -0.2) is 9.37 Å². The van der Waals surface area contributed by atoms with Crippen LogP contribution in [-0.4, -0.2) is 20.2 Å². The number of nitrogens with two attached hydrogens (primary N) is 1. The van der Waals surface area contributed by atoms with Gasteiger partial charge in [0, 0.05) is 0 Å². The fraction of sp³-hybridized carbons (Fsp3) is 0. The third-order valence-corrected chi connectivity index (χ3v) is 1.57. The van der Waals surface area contributed by atoms with E-state index in [-0.39, 0.29) is 5.95 Å². The second-order valence-corrected chi connectivity index (χ2v) is 2.56. The minimum Gasteiger partial charge on any atom is -0.366 e. The van der Waals surface area contributed by atoms with Gasteiger partial charge < -0.3 is 5.73 Å². The van der Waals surface area contributed by atoms with Gasteiger partial charge in [0.2, 0.25) is 5.95 Å². The molecule has 0 saturated carbocycles. The Labute approximate surface area is 78.8 Å². The fourth-order valence-corrected chi connectivity index (χ4v) is 0.968. The lowest BCUT2D eigenvalue weighted by atomic mass is 10.3. The van der Waals surface area contributed by atoms with Gasteiger partial charge in [-0.3, -0.25) is 4.98 Å². The van der Waals surface area contributed by atoms with Crippen LogP contribution in [0.25, 0.3) is 11.4 Å². The number of hydrogen-bond acceptors (Lipinski definition) is 5. The van der Waals surface area contributed by atoms with Crippen LogP contribution in [0.1, 0.15) is 0 Å². The van der Waals surface area contributed by atoms with E-state index in [1.165, 1.54) is 18.3 Å². The van der Waals surface area contributed by atoms with E-state index in [0.29, 0.717) is 11.4 Å². The molecular weight excluding hydrogens is 185 g/mol. The topological polar surface area (TPSA) is 77.6 Å². The van der Waals surface area contributed by atoms with Gasteiger partial charge in [0.25, 0.3) is 0 Å². The van der Waals surface area contributed by atoms with Gasteiger partial charge in [-0.2, -0.15) is 5.10 Å². The lowest BCUT2D eigenvalue weighted by Crippen LogP contribution is -1.98. The molecule has 0 saturated heterocycles. The van der Waals surface area contributed by atoms with E-state index >= 15 is 0 Å². The van der Waals surface area contributed by atoms with Crippen LogP contribution in [-0.2, 0) is 0 Å². The summed E-state index contributed by atoms with van der Waals surface area (Å²) in [4.78, 5) is 7.72. The molecule has 0 fully saturated rings. The molecule has 2 heterocycles. The molecule has 0 unspecified atom stereocenters. The van der Waals surface area contributed by atoms with E-state index in [4.69, 9.17) is 5.73 Å². The zero-order valence-electron chi connectivity index (χ0n) is 7.05. The summed E-state index contributed by atoms with van der Waals surface area (Å²) in [5.74, 6) is -0.336. The molecule has 0 atom stereocenters. The smallest absolute Gasteiger partial charge is 0.240 e. The summed E-state index contributed by atoms with van der Waals surface area (Å²) in [5, 5.41) is 7.11. The Bertz CT molecular complexity index is 442. The van der Waals surface area contributed by atoms with Crippen molar-refractivity contribution in [1.82, 2.24) is 20.2 Å². The Morgan fingerprint density at radius 3 is 2.64 bits per heavy atom. The van der Waals surface area contributed by atoms with Crippen LogP contribution < -0.4 is 5.73 Å². The third kappa shape index (κ3) is 1.63. The van der Waals surface area contributed by atoms with E-state index in [2.05, 4.69) is 20.2 Å². The highest BCUT2D eigenvalue weighted by molar-refractivity contribution is 5.52. The van der Waals surface area contributed by atoms with Gasteiger partial charge in [0.05, 0.1) is 18.1 Å². The largest absolute Gasteiger partial charge is 0.366 e. The van der Waals surface area contributed by atoms with Crippen LogP contribution in [0.2, 0.25) is 0 Å². The van der Waals surface area contributed by atoms with E-state index < -0.39 is 5.82 Å². The van der Waals surface area contributed by atoms with Crippen LogP contribution in [0.15, 0.2) is 24.5 Å². The Hall–Kier alpha value is -2.11. The Morgan fingerprint density at radius 1 is 1.14 bits per heavy atom. The van der Waals surface area contributed by atoms with Gasteiger partial charge in [-0.15, -0.1) is 5.10 Å². The second-order valence-electron chi connectivity index (χ2n) is 2.56. The van der Waals surface area contributed by atoms with Crippen molar-refractivity contribution in [1.29, 1.82) is 0 Å². The Balaban J connectivity index is 2.44. The van der Waals surface area contributed by atoms with Gasteiger partial charge in [0.1, 0.15) is 11.5 Å². The molecule has 14 heavy (non-hydrogen) atoms. The molecule has 0 aliphatic rings. The van der Waals surface area contributed by atoms with Crippen LogP contribution in [0.4, 0.5) is 10.3 Å². The van der Waals surface area contributed by atoms with Gasteiger partial charge >= 0.3 is 0 Å². The van der Waals surface area contributed by atoms with Crippen molar-refractivity contribution in [2.75, 3.05) is 5.73 Å². The van der Waals surface area contributed by atoms with E-state index in [1.807, 2.05) is 0 Å². The summed E-state index contributed by atoms with van der Waals surface area (Å²) in [6, 6.07) is 2.79. The number of aromatic nitrogens is 4. The Kier molecular flexibility index (Phi) is 2.02. The number of pyridine rings is 1. The van der Waals surface area contributed by atoms with E-state index in [1.54, 1.807) is 0 Å². The van der Waals surface area contributed by atoms with Gasteiger partial charge in [0.15, 0.2) is 0 Å². The molecule has 2 aromatic rings. The number of nitrogens with zero attached hydrogens (tertiary/aromatic N) is 4. The monoisotopic (exact) mass is 191 g/mol. The first-order valence-electron chi connectivity index (χ1n) is 3.83. The molecule has 6 heteroatoms. The predicted octanol–water partition coefficient (Wildman–Crippen LogP) is 0.655. The quantitative estimate of drug-likeness (QED) is 0.716. The molecule has 0 amide bonds. The molecule has 2 rings (SSSR count). The summed E-state index contributed by atoms with van der Waals surface area (Å²) in [6.07, 6.45) is 2.52. The average Bonchev–Trinajstić information content (AvgIpc) is 2.19. The average molecular weight is 191 g/mol. The highest BCUT2D eigenvalue weighted by Crippen LogP contribution is 2.12. The van der Waals surface area contributed by atoms with Crippen molar-refractivity contribution < 1.29 is 4.39 Å². The van der Waals surface area contributed by atoms with E-state index in [0.717, 1.165) is 6.20 Å². The molecule has 0 aromatic carbocycles. The van der Waals surface area contributed by atoms with Crippen LogP contribution in [0.5, 0.6) is 0 Å². The Morgan fingerprint density at radius 2 is 2.00 bits per heavy atom. The van der Waals surface area contributed by atoms with Crippen molar-refractivity contribution in [2.45, 2.75) is 0 Å². The third-order valence-electron chi connectivity index (χ3n) is 1.57. The number of halogens is 1. The highest BCUT2D eigenvalue weighted by atomic mass is 19.1. The molecule has 0 spiro atoms. The number of anilines is 1. The predicted molar refractivity (Wildman–Crippen MR) is 47.4 cm³/mol. The number of hydrogen-bond donors (Lipinski definition) is 1. The molecule has 0 aliphatic carbocycles. The second kappa shape index (κ2) is 3.33. The van der Waals surface area contributed by atoms with Crippen molar-refractivity contribution in [2.24, 2.45) is 0 Å². The summed E-state index contributed by atoms with van der Waals surface area (Å²) in [5.41, 5.74) is 6.32. The molecule has 0 radical (unpaired) electrons. The zero-order valence-corrected chi connectivity index (χ0v) is 7.05. The number of rotatable bonds is 1. The minimum absolute atomic E-state index is 0.0635. The lowest BCUT2D eigenvalue weighted by molar-refractivity contribution is 0.622. The SMILES string of the molecule is Nc1nncc(-c2ccc(F)cn2)n1. The zero-order chi connectivity index (χ0) is 9.97. The molecule has 2 aromatic heterocycles. The molecule has 0 aliphatic heterocycles. The lowest BCUT2D eigenvalue weighted by Gasteiger charge is -1.98. The molecular formula is C8H6FN5. The minimum atomic E-state index is -0.399. The van der Waals surface area contributed by atoms with Gasteiger partial charge in [-0.1, -0.05) is 0 Å². The van der Waals surface area contributed by atoms with Crippen molar-refractivity contribution in [3.05, 3.63) is 30.3 Å². The summed E-state index contributed by atoms with van der Waals surface area (Å²) in [7, 11) is 0. The molecule has 70 valence electrons. The maximum atomic E-state index is 12.5. The highest BCUT2D eigenvalue weighted by Gasteiger charge is 2.02. The van der Waals surface area contributed by atoms with Crippen LogP contribution >= 0.6 is 0 Å². The van der Waals surface area contributed by atoms with Crippen molar-refractivity contribution in [3.8, 4) is 11.4 Å². The normalized spacial score (nSPS) is 10.1. The summed E-state index contributed by atoms with van der Waals surface area (Å²) < 4.78 is 12.5. The van der Waals surface area contributed by atoms with Crippen LogP contribution in [0, 0.1) is 5.82 Å². The molecule has 5 nitrogen and oxygen atoms in total.